The van der Waals surface area contributed by atoms with Gasteiger partial charge in [-0.3, -0.25) is 0 Å². The highest BCUT2D eigenvalue weighted by Gasteiger charge is 2.07. The molecule has 0 saturated carbocycles. The van der Waals surface area contributed by atoms with Crippen LogP contribution in [-0.2, 0) is 5.75 Å². The minimum Gasteiger partial charge on any atom is -0.507 e. The third-order valence-corrected chi connectivity index (χ3v) is 4.97. The van der Waals surface area contributed by atoms with E-state index in [4.69, 9.17) is 11.6 Å². The van der Waals surface area contributed by atoms with Crippen LogP contribution in [0.1, 0.15) is 11.1 Å². The van der Waals surface area contributed by atoms with Gasteiger partial charge in [0.05, 0.1) is 6.21 Å². The van der Waals surface area contributed by atoms with Gasteiger partial charge >= 0.3 is 0 Å². The van der Waals surface area contributed by atoms with Crippen LogP contribution in [0.2, 0.25) is 5.02 Å². The number of aromatic hydroxyl groups is 1. The molecule has 0 aliphatic rings. The van der Waals surface area contributed by atoms with E-state index in [-0.39, 0.29) is 5.75 Å². The summed E-state index contributed by atoms with van der Waals surface area (Å²) in [6.45, 7) is 0. The monoisotopic (exact) mass is 422 g/mol. The van der Waals surface area contributed by atoms with Crippen LogP contribution in [0.15, 0.2) is 63.5 Å². The molecule has 5 nitrogen and oxygen atoms in total. The molecule has 0 spiro atoms. The highest BCUT2D eigenvalue weighted by Crippen LogP contribution is 2.25. The van der Waals surface area contributed by atoms with Gasteiger partial charge in [-0.2, -0.15) is 9.78 Å². The second kappa shape index (κ2) is 7.83. The Morgan fingerprint density at radius 3 is 2.96 bits per heavy atom. The summed E-state index contributed by atoms with van der Waals surface area (Å²) in [5.41, 5.74) is 1.62. The number of halogens is 2. The second-order valence-electron chi connectivity index (χ2n) is 4.79. The zero-order chi connectivity index (χ0) is 16.9. The molecule has 1 aromatic heterocycles. The van der Waals surface area contributed by atoms with Crippen molar-refractivity contribution in [2.75, 3.05) is 0 Å². The van der Waals surface area contributed by atoms with Crippen LogP contribution in [0.5, 0.6) is 5.75 Å². The number of nitrogens with zero attached hydrogens (tertiary/aromatic N) is 4. The smallest absolute Gasteiger partial charge is 0.212 e. The molecule has 2 aromatic carbocycles. The Labute approximate surface area is 156 Å². The van der Waals surface area contributed by atoms with E-state index in [1.165, 1.54) is 18.1 Å². The van der Waals surface area contributed by atoms with E-state index in [1.807, 2.05) is 24.3 Å². The molecule has 24 heavy (non-hydrogen) atoms. The normalized spacial score (nSPS) is 11.2. The van der Waals surface area contributed by atoms with Crippen LogP contribution >= 0.6 is 39.3 Å². The van der Waals surface area contributed by atoms with Gasteiger partial charge in [0.1, 0.15) is 12.1 Å². The Balaban J connectivity index is 1.74. The standard InChI is InChI=1S/C16H12BrClN4OS/c17-13-5-6-15(23)12(7-13)8-20-22-10-19-21-16(22)24-9-11-3-1-2-4-14(11)18/h1-8,10,23H,9H2/b20-8+. The van der Waals surface area contributed by atoms with E-state index in [0.29, 0.717) is 16.5 Å². The van der Waals surface area contributed by atoms with Crippen molar-refractivity contribution in [1.29, 1.82) is 0 Å². The fourth-order valence-electron chi connectivity index (χ4n) is 1.90. The third kappa shape index (κ3) is 4.17. The molecule has 3 rings (SSSR count). The molecular weight excluding hydrogens is 412 g/mol. The van der Waals surface area contributed by atoms with Gasteiger partial charge < -0.3 is 5.11 Å². The van der Waals surface area contributed by atoms with Gasteiger partial charge in [0.15, 0.2) is 0 Å². The second-order valence-corrected chi connectivity index (χ2v) is 7.05. The molecule has 0 atom stereocenters. The SMILES string of the molecule is Oc1ccc(Br)cc1/C=N/n1cnnc1SCc1ccccc1Cl. The highest BCUT2D eigenvalue weighted by molar-refractivity contribution is 9.10. The summed E-state index contributed by atoms with van der Waals surface area (Å²) >= 11 is 11.0. The van der Waals surface area contributed by atoms with Crippen molar-refractivity contribution in [2.45, 2.75) is 10.9 Å². The maximum Gasteiger partial charge on any atom is 0.212 e. The Morgan fingerprint density at radius 2 is 2.12 bits per heavy atom. The van der Waals surface area contributed by atoms with Crippen molar-refractivity contribution < 1.29 is 5.11 Å². The molecule has 0 unspecified atom stereocenters. The first-order chi connectivity index (χ1) is 11.6. The lowest BCUT2D eigenvalue weighted by Gasteiger charge is -2.03. The predicted octanol–water partition coefficient (Wildman–Crippen LogP) is 4.57. The zero-order valence-corrected chi connectivity index (χ0v) is 15.5. The van der Waals surface area contributed by atoms with Crippen molar-refractivity contribution in [2.24, 2.45) is 5.10 Å². The molecule has 122 valence electrons. The average molecular weight is 424 g/mol. The Hall–Kier alpha value is -1.83. The van der Waals surface area contributed by atoms with Gasteiger partial charge in [-0.15, -0.1) is 10.2 Å². The fourth-order valence-corrected chi connectivity index (χ4v) is 3.43. The molecular formula is C16H12BrClN4OS. The summed E-state index contributed by atoms with van der Waals surface area (Å²) in [4.78, 5) is 0. The molecule has 0 bridgehead atoms. The quantitative estimate of drug-likeness (QED) is 0.482. The lowest BCUT2D eigenvalue weighted by Crippen LogP contribution is -1.93. The molecule has 0 saturated heterocycles. The lowest BCUT2D eigenvalue weighted by molar-refractivity contribution is 0.474. The first-order valence-corrected chi connectivity index (χ1v) is 9.08. The number of hydrogen-bond acceptors (Lipinski definition) is 5. The molecule has 0 aliphatic heterocycles. The maximum atomic E-state index is 9.84. The van der Waals surface area contributed by atoms with Gasteiger partial charge in [0, 0.05) is 20.8 Å². The number of phenolic OH excluding ortho intramolecular Hbond substituents is 1. The summed E-state index contributed by atoms with van der Waals surface area (Å²) in [6, 6.07) is 12.8. The number of rotatable bonds is 5. The third-order valence-electron chi connectivity index (χ3n) is 3.13. The predicted molar refractivity (Wildman–Crippen MR) is 99.8 cm³/mol. The molecule has 1 N–H and O–H groups in total. The van der Waals surface area contributed by atoms with Crippen molar-refractivity contribution >= 4 is 45.5 Å². The largest absolute Gasteiger partial charge is 0.507 e. The lowest BCUT2D eigenvalue weighted by atomic mass is 10.2. The highest BCUT2D eigenvalue weighted by atomic mass is 79.9. The molecule has 8 heteroatoms. The van der Waals surface area contributed by atoms with Gasteiger partial charge in [0.2, 0.25) is 5.16 Å². The number of aromatic nitrogens is 3. The molecule has 3 aromatic rings. The Morgan fingerprint density at radius 1 is 1.29 bits per heavy atom. The van der Waals surface area contributed by atoms with Crippen LogP contribution < -0.4 is 0 Å². The van der Waals surface area contributed by atoms with Gasteiger partial charge in [-0.05, 0) is 29.8 Å². The van der Waals surface area contributed by atoms with Crippen molar-refractivity contribution in [1.82, 2.24) is 14.9 Å². The summed E-state index contributed by atoms with van der Waals surface area (Å²) in [7, 11) is 0. The van der Waals surface area contributed by atoms with Crippen LogP contribution in [0.3, 0.4) is 0 Å². The van der Waals surface area contributed by atoms with E-state index in [1.54, 1.807) is 29.1 Å². The summed E-state index contributed by atoms with van der Waals surface area (Å²) in [5, 5.41) is 23.5. The number of phenols is 1. The van der Waals surface area contributed by atoms with Crippen LogP contribution in [-0.4, -0.2) is 26.2 Å². The van der Waals surface area contributed by atoms with Crippen molar-refractivity contribution in [3.63, 3.8) is 0 Å². The molecule has 0 amide bonds. The van der Waals surface area contributed by atoms with Crippen LogP contribution in [0.25, 0.3) is 0 Å². The van der Waals surface area contributed by atoms with Crippen molar-refractivity contribution in [3.8, 4) is 5.75 Å². The topological polar surface area (TPSA) is 63.3 Å². The fraction of sp³-hybridized carbons (Fsp3) is 0.0625. The maximum absolute atomic E-state index is 9.84. The Kier molecular flexibility index (Phi) is 5.55. The van der Waals surface area contributed by atoms with Gasteiger partial charge in [-0.1, -0.05) is 57.5 Å². The number of benzene rings is 2. The first kappa shape index (κ1) is 17.0. The van der Waals surface area contributed by atoms with E-state index in [9.17, 15) is 5.11 Å². The Bertz CT molecular complexity index is 884. The molecule has 0 fully saturated rings. The van der Waals surface area contributed by atoms with Gasteiger partial charge in [-0.25, -0.2) is 0 Å². The summed E-state index contributed by atoms with van der Waals surface area (Å²) in [6.07, 6.45) is 3.07. The summed E-state index contributed by atoms with van der Waals surface area (Å²) < 4.78 is 2.42. The van der Waals surface area contributed by atoms with E-state index < -0.39 is 0 Å². The van der Waals surface area contributed by atoms with E-state index >= 15 is 0 Å². The van der Waals surface area contributed by atoms with E-state index in [2.05, 4.69) is 31.2 Å². The number of hydrogen-bond donors (Lipinski definition) is 1. The van der Waals surface area contributed by atoms with Crippen LogP contribution in [0, 0.1) is 0 Å². The van der Waals surface area contributed by atoms with E-state index in [0.717, 1.165) is 15.1 Å². The average Bonchev–Trinajstić information content (AvgIpc) is 3.02. The van der Waals surface area contributed by atoms with Gasteiger partial charge in [0.25, 0.3) is 0 Å². The first-order valence-electron chi connectivity index (χ1n) is 6.92. The number of thioether (sulfide) groups is 1. The van der Waals surface area contributed by atoms with Crippen molar-refractivity contribution in [3.05, 3.63) is 69.4 Å². The summed E-state index contributed by atoms with van der Waals surface area (Å²) in [5.74, 6) is 0.816. The minimum absolute atomic E-state index is 0.153. The van der Waals surface area contributed by atoms with Crippen LogP contribution in [0.4, 0.5) is 0 Å². The molecule has 1 heterocycles. The minimum atomic E-state index is 0.153. The molecule has 0 radical (unpaired) electrons. The zero-order valence-electron chi connectivity index (χ0n) is 12.3. The molecule has 0 aliphatic carbocycles.